The lowest BCUT2D eigenvalue weighted by atomic mass is 9.65. The van der Waals surface area contributed by atoms with Gasteiger partial charge in [0.25, 0.3) is 0 Å². The number of hydrogen-bond donors (Lipinski definition) is 0. The Morgan fingerprint density at radius 1 is 0.826 bits per heavy atom. The van der Waals surface area contributed by atoms with Crippen LogP contribution in [-0.4, -0.2) is 5.71 Å². The largest absolute Gasteiger partial charge is 0.284 e. The summed E-state index contributed by atoms with van der Waals surface area (Å²) in [6, 6.07) is 19.2. The molecule has 0 aromatic heterocycles. The van der Waals surface area contributed by atoms with Crippen molar-refractivity contribution in [3.05, 3.63) is 210 Å². The topological polar surface area (TPSA) is 12.4 Å². The van der Waals surface area contributed by atoms with Crippen LogP contribution < -0.4 is 0 Å². The zero-order valence-electron chi connectivity index (χ0n) is 28.4. The molecule has 46 heavy (non-hydrogen) atoms. The Morgan fingerprint density at radius 2 is 1.54 bits per heavy atom. The molecule has 0 saturated carbocycles. The Labute approximate surface area is 278 Å². The standard InChI is InChI=1S/C45H49N/c1-10-17-20-25-34(8)45(39(14-5)28-18-11-2)35(9)44(40(15-6)42(45)24-13-4)41(23-12-3)37-31-29-36(30-32-37)33-46-43(16-7)38-26-21-19-22-27-38/h10-15,17-32H,2-3,6,8,16,33H2,1,4-5,7,9H3/b17-10-,24-13-,25-20-,28-18-,39-14+,41-23-,46-43?. The molecule has 1 aliphatic rings. The van der Waals surface area contributed by atoms with E-state index in [-0.39, 0.29) is 0 Å². The lowest BCUT2D eigenvalue weighted by molar-refractivity contribution is 0.664. The van der Waals surface area contributed by atoms with E-state index in [1.165, 1.54) is 11.1 Å². The molecule has 0 bridgehead atoms. The molecule has 2 aromatic carbocycles. The number of benzene rings is 2. The molecule has 0 fully saturated rings. The minimum Gasteiger partial charge on any atom is -0.284 e. The quantitative estimate of drug-likeness (QED) is 0.142. The van der Waals surface area contributed by atoms with Gasteiger partial charge in [0, 0.05) is 5.71 Å². The Bertz CT molecular complexity index is 1700. The average Bonchev–Trinajstić information content (AvgIpc) is 3.32. The molecule has 1 aliphatic carbocycles. The molecule has 1 atom stereocenters. The molecule has 0 amide bonds. The van der Waals surface area contributed by atoms with E-state index < -0.39 is 5.41 Å². The van der Waals surface area contributed by atoms with Crippen molar-refractivity contribution in [1.29, 1.82) is 0 Å². The molecular formula is C45H49N. The van der Waals surface area contributed by atoms with Crippen LogP contribution in [0.2, 0.25) is 0 Å². The van der Waals surface area contributed by atoms with Crippen molar-refractivity contribution in [3.8, 4) is 0 Å². The van der Waals surface area contributed by atoms with E-state index in [0.717, 1.165) is 56.7 Å². The predicted octanol–water partition coefficient (Wildman–Crippen LogP) is 12.4. The van der Waals surface area contributed by atoms with E-state index in [9.17, 15) is 0 Å². The third kappa shape index (κ3) is 7.44. The van der Waals surface area contributed by atoms with Crippen LogP contribution in [0.1, 0.15) is 57.7 Å². The van der Waals surface area contributed by atoms with Crippen molar-refractivity contribution in [3.63, 3.8) is 0 Å². The van der Waals surface area contributed by atoms with Gasteiger partial charge in [0.15, 0.2) is 0 Å². The lowest BCUT2D eigenvalue weighted by Gasteiger charge is -2.37. The first kappa shape index (κ1) is 35.5. The minimum atomic E-state index is -0.611. The SMILES string of the molecule is C=C/C=C\C(=C/C)C1(C(=C)/C=C\C=C/C)C(C)=C(/C(=C\C=C)c2ccc(CN=C(CC)c3ccccc3)cc2)C(C=C)=C1/C=C\C. The van der Waals surface area contributed by atoms with E-state index in [0.29, 0.717) is 6.54 Å². The van der Waals surface area contributed by atoms with E-state index >= 15 is 0 Å². The molecule has 1 unspecified atom stereocenters. The first-order chi connectivity index (χ1) is 22.4. The van der Waals surface area contributed by atoms with Crippen molar-refractivity contribution >= 4 is 11.3 Å². The maximum Gasteiger partial charge on any atom is 0.0665 e. The molecule has 0 radical (unpaired) electrons. The lowest BCUT2D eigenvalue weighted by Crippen LogP contribution is -2.26. The first-order valence-electron chi connectivity index (χ1n) is 16.1. The smallest absolute Gasteiger partial charge is 0.0665 e. The summed E-state index contributed by atoms with van der Waals surface area (Å²) in [7, 11) is 0. The Hall–Kier alpha value is -5.01. The fourth-order valence-electron chi connectivity index (χ4n) is 6.31. The van der Waals surface area contributed by atoms with Crippen LogP contribution in [0, 0.1) is 5.41 Å². The van der Waals surface area contributed by atoms with Gasteiger partial charge in [-0.2, -0.15) is 0 Å². The first-order valence-corrected chi connectivity index (χ1v) is 16.1. The Balaban J connectivity index is 2.25. The van der Waals surface area contributed by atoms with Gasteiger partial charge in [-0.3, -0.25) is 4.99 Å². The van der Waals surface area contributed by atoms with Gasteiger partial charge in [0.1, 0.15) is 0 Å². The van der Waals surface area contributed by atoms with Gasteiger partial charge in [-0.05, 0) is 89.8 Å². The zero-order valence-corrected chi connectivity index (χ0v) is 28.4. The van der Waals surface area contributed by atoms with Crippen LogP contribution in [0.25, 0.3) is 5.57 Å². The van der Waals surface area contributed by atoms with Gasteiger partial charge >= 0.3 is 0 Å². The van der Waals surface area contributed by atoms with Gasteiger partial charge in [-0.1, -0.05) is 167 Å². The van der Waals surface area contributed by atoms with Crippen LogP contribution in [0.5, 0.6) is 0 Å². The summed E-state index contributed by atoms with van der Waals surface area (Å²) in [6.45, 7) is 28.2. The molecule has 1 heteroatoms. The van der Waals surface area contributed by atoms with Gasteiger partial charge in [0.2, 0.25) is 0 Å². The summed E-state index contributed by atoms with van der Waals surface area (Å²) in [6.07, 6.45) is 27.5. The Morgan fingerprint density at radius 3 is 2.11 bits per heavy atom. The van der Waals surface area contributed by atoms with Crippen LogP contribution in [0.4, 0.5) is 0 Å². The van der Waals surface area contributed by atoms with Gasteiger partial charge in [-0.25, -0.2) is 0 Å². The van der Waals surface area contributed by atoms with Crippen LogP contribution >= 0.6 is 0 Å². The van der Waals surface area contributed by atoms with Crippen molar-refractivity contribution < 1.29 is 0 Å². The van der Waals surface area contributed by atoms with E-state index in [2.05, 4.69) is 145 Å². The van der Waals surface area contributed by atoms with Crippen molar-refractivity contribution in [2.45, 2.75) is 47.6 Å². The summed E-state index contributed by atoms with van der Waals surface area (Å²) in [5.74, 6) is 0. The number of aliphatic imine (C=N–C) groups is 1. The minimum absolute atomic E-state index is 0.611. The fraction of sp³-hybridized carbons (Fsp3) is 0.178. The molecule has 3 rings (SSSR count). The molecule has 0 N–H and O–H groups in total. The molecule has 2 aromatic rings. The summed E-state index contributed by atoms with van der Waals surface area (Å²) >= 11 is 0. The zero-order chi connectivity index (χ0) is 33.5. The third-order valence-electron chi connectivity index (χ3n) is 8.39. The number of allylic oxidation sites excluding steroid dienone is 20. The number of nitrogens with zero attached hydrogens (tertiary/aromatic N) is 1. The molecule has 0 aliphatic heterocycles. The second-order valence-corrected chi connectivity index (χ2v) is 11.0. The van der Waals surface area contributed by atoms with Crippen LogP contribution in [0.3, 0.4) is 0 Å². The number of hydrogen-bond acceptors (Lipinski definition) is 1. The second-order valence-electron chi connectivity index (χ2n) is 11.0. The second kappa shape index (κ2) is 17.5. The van der Waals surface area contributed by atoms with Gasteiger partial charge in [0.05, 0.1) is 12.0 Å². The summed E-state index contributed by atoms with van der Waals surface area (Å²) in [5, 5.41) is 0. The van der Waals surface area contributed by atoms with E-state index in [4.69, 9.17) is 4.99 Å². The van der Waals surface area contributed by atoms with Crippen molar-refractivity contribution in [1.82, 2.24) is 0 Å². The normalized spacial score (nSPS) is 18.2. The highest BCUT2D eigenvalue weighted by atomic mass is 14.7. The molecule has 234 valence electrons. The molecule has 0 heterocycles. The Kier molecular flexibility index (Phi) is 13.5. The number of rotatable bonds is 15. The predicted molar refractivity (Wildman–Crippen MR) is 205 cm³/mol. The average molecular weight is 604 g/mol. The maximum atomic E-state index is 4.97. The van der Waals surface area contributed by atoms with E-state index in [1.807, 2.05) is 49.4 Å². The molecular weight excluding hydrogens is 555 g/mol. The molecule has 0 saturated heterocycles. The highest BCUT2D eigenvalue weighted by Gasteiger charge is 2.47. The fourth-order valence-corrected chi connectivity index (χ4v) is 6.31. The molecule has 0 spiro atoms. The highest BCUT2D eigenvalue weighted by molar-refractivity contribution is 6.00. The van der Waals surface area contributed by atoms with Crippen LogP contribution in [-0.2, 0) is 6.54 Å². The summed E-state index contributed by atoms with van der Waals surface area (Å²) in [5.41, 5.74) is 11.7. The van der Waals surface area contributed by atoms with Gasteiger partial charge < -0.3 is 0 Å². The molecule has 1 nitrogen and oxygen atoms in total. The summed E-state index contributed by atoms with van der Waals surface area (Å²) in [4.78, 5) is 4.97. The summed E-state index contributed by atoms with van der Waals surface area (Å²) < 4.78 is 0. The highest BCUT2D eigenvalue weighted by Crippen LogP contribution is 2.59. The maximum absolute atomic E-state index is 4.97. The van der Waals surface area contributed by atoms with Crippen molar-refractivity contribution in [2.75, 3.05) is 0 Å². The van der Waals surface area contributed by atoms with Gasteiger partial charge in [-0.15, -0.1) is 0 Å². The van der Waals surface area contributed by atoms with Crippen molar-refractivity contribution in [2.24, 2.45) is 10.4 Å². The third-order valence-corrected chi connectivity index (χ3v) is 8.39. The van der Waals surface area contributed by atoms with Crippen LogP contribution in [0.15, 0.2) is 198 Å². The van der Waals surface area contributed by atoms with E-state index in [1.54, 1.807) is 0 Å². The monoisotopic (exact) mass is 603 g/mol.